The summed E-state index contributed by atoms with van der Waals surface area (Å²) in [6.45, 7) is 6.00. The van der Waals surface area contributed by atoms with Crippen molar-refractivity contribution in [3.8, 4) is 5.75 Å². The molecular formula is C29H37N3O4. The first-order valence-corrected chi connectivity index (χ1v) is 12.2. The van der Waals surface area contributed by atoms with Gasteiger partial charge in [0.2, 0.25) is 5.91 Å². The van der Waals surface area contributed by atoms with E-state index in [1.165, 1.54) is 6.07 Å². The van der Waals surface area contributed by atoms with Crippen molar-refractivity contribution in [2.24, 2.45) is 0 Å². The van der Waals surface area contributed by atoms with E-state index in [2.05, 4.69) is 30.2 Å². The van der Waals surface area contributed by atoms with Gasteiger partial charge < -0.3 is 25.5 Å². The number of β-amino-alcohol motifs (C(OH)–C–C–N with tert-alkyl or cyclic N) is 1. The van der Waals surface area contributed by atoms with Gasteiger partial charge in [-0.05, 0) is 56.0 Å². The van der Waals surface area contributed by atoms with E-state index in [1.807, 2.05) is 62.5 Å². The molecule has 7 nitrogen and oxygen atoms in total. The number of nitrogens with one attached hydrogen (secondary N) is 1. The number of aromatic hydroxyl groups is 1. The summed E-state index contributed by atoms with van der Waals surface area (Å²) in [5.41, 5.74) is 3.35. The minimum Gasteiger partial charge on any atom is -0.506 e. The van der Waals surface area contributed by atoms with Gasteiger partial charge in [0.1, 0.15) is 17.5 Å². The van der Waals surface area contributed by atoms with Crippen LogP contribution in [-0.2, 0) is 24.2 Å². The highest BCUT2D eigenvalue weighted by atomic mass is 16.3. The van der Waals surface area contributed by atoms with E-state index in [9.17, 15) is 20.1 Å². The highest BCUT2D eigenvalue weighted by Crippen LogP contribution is 2.22. The van der Waals surface area contributed by atoms with Gasteiger partial charge >= 0.3 is 0 Å². The number of nitrogens with zero attached hydrogens (tertiary/aromatic N) is 2. The first-order chi connectivity index (χ1) is 17.1. The molecule has 2 aromatic carbocycles. The number of likely N-dealkylation sites (N-methyl/N-ethyl adjacent to an activating group) is 1. The lowest BCUT2D eigenvalue weighted by Gasteiger charge is -2.28. The van der Waals surface area contributed by atoms with Gasteiger partial charge in [0, 0.05) is 19.1 Å². The van der Waals surface area contributed by atoms with E-state index in [1.54, 1.807) is 11.0 Å². The van der Waals surface area contributed by atoms with E-state index < -0.39 is 12.7 Å². The van der Waals surface area contributed by atoms with Crippen LogP contribution in [0.5, 0.6) is 5.75 Å². The van der Waals surface area contributed by atoms with E-state index in [0.717, 1.165) is 16.7 Å². The molecule has 0 saturated carbocycles. The summed E-state index contributed by atoms with van der Waals surface area (Å²) >= 11 is 0. The smallest absolute Gasteiger partial charge is 0.227 e. The average Bonchev–Trinajstić information content (AvgIpc) is 2.87. The standard InChI is InChI=1S/C29H37N3O4/c1-20(23-11-6-5-7-12-23)32(4)28(36)16-21-9-8-10-22(15-21)17-29(2,3)30-18-27(35)24-13-14-26(34)25(19-33)31-24/h5-15,20,27,30,33-35H,16-19H2,1-4H3/t20-,27?/m0/s1. The SMILES string of the molecule is C[C@@H](c1ccccc1)N(C)C(=O)Cc1cccc(CC(C)(C)NCC(O)c2ccc(O)c(CO)n2)c1. The van der Waals surface area contributed by atoms with Gasteiger partial charge in [-0.1, -0.05) is 54.6 Å². The van der Waals surface area contributed by atoms with Crippen molar-refractivity contribution in [3.63, 3.8) is 0 Å². The Kier molecular flexibility index (Phi) is 9.20. The Labute approximate surface area is 213 Å². The lowest BCUT2D eigenvalue weighted by atomic mass is 9.93. The van der Waals surface area contributed by atoms with Crippen molar-refractivity contribution in [3.05, 3.63) is 94.8 Å². The van der Waals surface area contributed by atoms with Crippen molar-refractivity contribution in [1.29, 1.82) is 0 Å². The van der Waals surface area contributed by atoms with Gasteiger partial charge in [-0.25, -0.2) is 4.98 Å². The van der Waals surface area contributed by atoms with Crippen LogP contribution in [0.4, 0.5) is 0 Å². The number of hydrogen-bond acceptors (Lipinski definition) is 6. The topological polar surface area (TPSA) is 106 Å². The molecule has 7 heteroatoms. The fourth-order valence-electron chi connectivity index (χ4n) is 4.18. The lowest BCUT2D eigenvalue weighted by molar-refractivity contribution is -0.131. The third-order valence-electron chi connectivity index (χ3n) is 6.49. The molecule has 2 atom stereocenters. The first kappa shape index (κ1) is 27.3. The molecule has 0 saturated heterocycles. The summed E-state index contributed by atoms with van der Waals surface area (Å²) in [7, 11) is 1.84. The van der Waals surface area contributed by atoms with E-state index in [-0.39, 0.29) is 35.5 Å². The summed E-state index contributed by atoms with van der Waals surface area (Å²) in [6.07, 6.45) is 0.137. The number of aliphatic hydroxyl groups excluding tert-OH is 2. The van der Waals surface area contributed by atoms with Crippen molar-refractivity contribution in [2.45, 2.75) is 57.9 Å². The summed E-state index contributed by atoms with van der Waals surface area (Å²) in [6, 6.07) is 21.0. The van der Waals surface area contributed by atoms with Crippen LogP contribution in [0.2, 0.25) is 0 Å². The number of carbonyl (C=O) groups is 1. The Balaban J connectivity index is 1.58. The number of benzene rings is 2. The van der Waals surface area contributed by atoms with Crippen molar-refractivity contribution in [2.75, 3.05) is 13.6 Å². The van der Waals surface area contributed by atoms with Gasteiger partial charge in [-0.3, -0.25) is 4.79 Å². The predicted molar refractivity (Wildman–Crippen MR) is 140 cm³/mol. The number of hydrogen-bond donors (Lipinski definition) is 4. The highest BCUT2D eigenvalue weighted by molar-refractivity contribution is 5.79. The van der Waals surface area contributed by atoms with Crippen LogP contribution in [-0.4, -0.2) is 50.2 Å². The molecule has 0 radical (unpaired) electrons. The van der Waals surface area contributed by atoms with E-state index in [0.29, 0.717) is 18.5 Å². The second-order valence-corrected chi connectivity index (χ2v) is 9.91. The van der Waals surface area contributed by atoms with Crippen molar-refractivity contribution in [1.82, 2.24) is 15.2 Å². The maximum atomic E-state index is 13.0. The average molecular weight is 492 g/mol. The molecule has 0 aliphatic rings. The van der Waals surface area contributed by atoms with Crippen LogP contribution in [0.15, 0.2) is 66.7 Å². The first-order valence-electron chi connectivity index (χ1n) is 12.2. The van der Waals surface area contributed by atoms with Gasteiger partial charge in [-0.15, -0.1) is 0 Å². The third-order valence-corrected chi connectivity index (χ3v) is 6.49. The number of amides is 1. The molecule has 4 N–H and O–H groups in total. The van der Waals surface area contributed by atoms with Gasteiger partial charge in [-0.2, -0.15) is 0 Å². The monoisotopic (exact) mass is 491 g/mol. The maximum absolute atomic E-state index is 13.0. The molecule has 0 fully saturated rings. The van der Waals surface area contributed by atoms with Crippen LogP contribution in [0.1, 0.15) is 61.0 Å². The zero-order valence-electron chi connectivity index (χ0n) is 21.5. The number of pyridine rings is 1. The highest BCUT2D eigenvalue weighted by Gasteiger charge is 2.22. The molecule has 0 spiro atoms. The molecule has 1 unspecified atom stereocenters. The molecule has 3 aromatic rings. The van der Waals surface area contributed by atoms with Crippen molar-refractivity contribution >= 4 is 5.91 Å². The third kappa shape index (κ3) is 7.37. The largest absolute Gasteiger partial charge is 0.506 e. The molecule has 0 aliphatic carbocycles. The molecule has 36 heavy (non-hydrogen) atoms. The van der Waals surface area contributed by atoms with Crippen LogP contribution < -0.4 is 5.32 Å². The minimum absolute atomic E-state index is 0.00651. The van der Waals surface area contributed by atoms with Crippen LogP contribution >= 0.6 is 0 Å². The number of aromatic nitrogens is 1. The minimum atomic E-state index is -0.888. The zero-order valence-corrected chi connectivity index (χ0v) is 21.5. The quantitative estimate of drug-likeness (QED) is 0.326. The Morgan fingerprint density at radius 3 is 2.44 bits per heavy atom. The van der Waals surface area contributed by atoms with E-state index in [4.69, 9.17) is 0 Å². The molecule has 192 valence electrons. The van der Waals surface area contributed by atoms with E-state index >= 15 is 0 Å². The maximum Gasteiger partial charge on any atom is 0.227 e. The number of rotatable bonds is 11. The molecule has 0 aliphatic heterocycles. The zero-order chi connectivity index (χ0) is 26.3. The summed E-state index contributed by atoms with van der Waals surface area (Å²) in [4.78, 5) is 18.9. The van der Waals surface area contributed by atoms with Gasteiger partial charge in [0.05, 0.1) is 24.8 Å². The van der Waals surface area contributed by atoms with Crippen molar-refractivity contribution < 1.29 is 20.1 Å². The molecular weight excluding hydrogens is 454 g/mol. The second-order valence-electron chi connectivity index (χ2n) is 9.91. The lowest BCUT2D eigenvalue weighted by Crippen LogP contribution is -2.43. The van der Waals surface area contributed by atoms with Gasteiger partial charge in [0.25, 0.3) is 0 Å². The summed E-state index contributed by atoms with van der Waals surface area (Å²) in [5.74, 6) is -0.0338. The second kappa shape index (κ2) is 12.1. The fraction of sp³-hybridized carbons (Fsp3) is 0.379. The van der Waals surface area contributed by atoms with Gasteiger partial charge in [0.15, 0.2) is 0 Å². The van der Waals surface area contributed by atoms with Crippen LogP contribution in [0.3, 0.4) is 0 Å². The Bertz CT molecular complexity index is 1150. The number of aliphatic hydroxyl groups is 2. The van der Waals surface area contributed by atoms with Crippen LogP contribution in [0, 0.1) is 0 Å². The predicted octanol–water partition coefficient (Wildman–Crippen LogP) is 3.69. The molecule has 1 aromatic heterocycles. The Morgan fingerprint density at radius 2 is 1.75 bits per heavy atom. The Morgan fingerprint density at radius 1 is 1.06 bits per heavy atom. The molecule has 1 amide bonds. The summed E-state index contributed by atoms with van der Waals surface area (Å²) in [5, 5.41) is 32.9. The fourth-order valence-corrected chi connectivity index (χ4v) is 4.18. The number of carbonyl (C=O) groups excluding carboxylic acids is 1. The van der Waals surface area contributed by atoms with Crippen LogP contribution in [0.25, 0.3) is 0 Å². The summed E-state index contributed by atoms with van der Waals surface area (Å²) < 4.78 is 0. The normalized spacial score (nSPS) is 13.3. The molecule has 0 bridgehead atoms. The molecule has 3 rings (SSSR count). The molecule has 1 heterocycles. The Hall–Kier alpha value is -3.26.